The van der Waals surface area contributed by atoms with E-state index in [9.17, 15) is 9.59 Å². The number of carbonyl (C=O) groups is 1. The first-order chi connectivity index (χ1) is 14.3. The van der Waals surface area contributed by atoms with E-state index in [4.69, 9.17) is 9.47 Å². The molecule has 1 amide bonds. The lowest BCUT2D eigenvalue weighted by Gasteiger charge is -2.16. The second-order valence-corrected chi connectivity index (χ2v) is 7.14. The molecular formula is C23H25N3O4. The number of nitrogens with zero attached hydrogens (tertiary/aromatic N) is 2. The number of carbonyl (C=O) groups excluding carboxylic acids is 1. The number of nitrogens with one attached hydrogen (secondary N) is 1. The molecule has 1 N–H and O–H groups in total. The Morgan fingerprint density at radius 2 is 1.80 bits per heavy atom. The van der Waals surface area contributed by atoms with E-state index in [1.165, 1.54) is 16.8 Å². The third-order valence-electron chi connectivity index (χ3n) is 4.79. The molecule has 0 fully saturated rings. The van der Waals surface area contributed by atoms with Gasteiger partial charge in [0.25, 0.3) is 11.5 Å². The molecule has 1 aromatic heterocycles. The van der Waals surface area contributed by atoms with Crippen LogP contribution in [0.5, 0.6) is 11.6 Å². The van der Waals surface area contributed by atoms with Gasteiger partial charge in [-0.3, -0.25) is 9.59 Å². The maximum Gasteiger partial charge on any atom is 0.271 e. The summed E-state index contributed by atoms with van der Waals surface area (Å²) >= 11 is 0. The molecule has 0 aliphatic rings. The van der Waals surface area contributed by atoms with Gasteiger partial charge in [-0.25, -0.2) is 0 Å². The first kappa shape index (κ1) is 21.1. The molecule has 3 rings (SSSR count). The zero-order chi connectivity index (χ0) is 21.8. The largest absolute Gasteiger partial charge is 0.495 e. The summed E-state index contributed by atoms with van der Waals surface area (Å²) in [4.78, 5) is 24.9. The van der Waals surface area contributed by atoms with Crippen molar-refractivity contribution in [2.45, 2.75) is 33.8 Å². The van der Waals surface area contributed by atoms with Crippen molar-refractivity contribution in [1.29, 1.82) is 0 Å². The molecule has 2 aromatic carbocycles. The van der Waals surface area contributed by atoms with Crippen LogP contribution in [0.2, 0.25) is 0 Å². The number of anilines is 1. The fourth-order valence-corrected chi connectivity index (χ4v) is 2.89. The fraction of sp³-hybridized carbons (Fsp3) is 0.261. The monoisotopic (exact) mass is 407 g/mol. The van der Waals surface area contributed by atoms with Crippen LogP contribution in [0, 0.1) is 20.8 Å². The third-order valence-corrected chi connectivity index (χ3v) is 4.79. The van der Waals surface area contributed by atoms with E-state index in [0.717, 1.165) is 16.7 Å². The average Bonchev–Trinajstić information content (AvgIpc) is 2.71. The van der Waals surface area contributed by atoms with E-state index in [0.29, 0.717) is 17.1 Å². The van der Waals surface area contributed by atoms with Crippen molar-refractivity contribution in [3.8, 4) is 17.3 Å². The Morgan fingerprint density at radius 1 is 1.03 bits per heavy atom. The van der Waals surface area contributed by atoms with E-state index < -0.39 is 6.10 Å². The lowest BCUT2D eigenvalue weighted by atomic mass is 10.1. The lowest BCUT2D eigenvalue weighted by molar-refractivity contribution is -0.122. The second-order valence-electron chi connectivity index (χ2n) is 7.14. The minimum Gasteiger partial charge on any atom is -0.495 e. The number of benzene rings is 2. The first-order valence-electron chi connectivity index (χ1n) is 9.58. The summed E-state index contributed by atoms with van der Waals surface area (Å²) in [6.07, 6.45) is -0.839. The molecule has 3 aromatic rings. The van der Waals surface area contributed by atoms with E-state index in [-0.39, 0.29) is 17.3 Å². The minimum atomic E-state index is -0.839. The predicted molar refractivity (Wildman–Crippen MR) is 116 cm³/mol. The summed E-state index contributed by atoms with van der Waals surface area (Å²) < 4.78 is 12.2. The van der Waals surface area contributed by atoms with E-state index >= 15 is 0 Å². The van der Waals surface area contributed by atoms with Crippen molar-refractivity contribution in [2.75, 3.05) is 12.4 Å². The van der Waals surface area contributed by atoms with Gasteiger partial charge in [-0.15, -0.1) is 5.10 Å². The number of ether oxygens (including phenoxy) is 2. The van der Waals surface area contributed by atoms with Crippen LogP contribution in [0.3, 0.4) is 0 Å². The third kappa shape index (κ3) is 4.68. The summed E-state index contributed by atoms with van der Waals surface area (Å²) in [7, 11) is 1.54. The van der Waals surface area contributed by atoms with Crippen molar-refractivity contribution in [2.24, 2.45) is 0 Å². The molecule has 156 valence electrons. The van der Waals surface area contributed by atoms with Crippen LogP contribution >= 0.6 is 0 Å². The lowest BCUT2D eigenvalue weighted by Crippen LogP contribution is -2.31. The summed E-state index contributed by atoms with van der Waals surface area (Å²) in [6.45, 7) is 7.51. The number of aromatic nitrogens is 2. The van der Waals surface area contributed by atoms with Crippen molar-refractivity contribution in [3.05, 3.63) is 75.6 Å². The smallest absolute Gasteiger partial charge is 0.271 e. The number of amides is 1. The molecule has 0 unspecified atom stereocenters. The van der Waals surface area contributed by atoms with Gasteiger partial charge in [0, 0.05) is 12.1 Å². The van der Waals surface area contributed by atoms with Gasteiger partial charge in [-0.1, -0.05) is 12.1 Å². The highest BCUT2D eigenvalue weighted by molar-refractivity contribution is 5.95. The molecule has 7 nitrogen and oxygen atoms in total. The Balaban J connectivity index is 1.79. The van der Waals surface area contributed by atoms with Gasteiger partial charge >= 0.3 is 0 Å². The van der Waals surface area contributed by atoms with Gasteiger partial charge in [0.2, 0.25) is 5.88 Å². The molecule has 0 radical (unpaired) electrons. The van der Waals surface area contributed by atoms with Gasteiger partial charge in [0.15, 0.2) is 6.10 Å². The first-order valence-corrected chi connectivity index (χ1v) is 9.58. The Hall–Kier alpha value is -3.61. The molecular weight excluding hydrogens is 382 g/mol. The van der Waals surface area contributed by atoms with Crippen LogP contribution in [0.1, 0.15) is 23.6 Å². The highest BCUT2D eigenvalue weighted by Crippen LogP contribution is 2.25. The molecule has 0 saturated carbocycles. The van der Waals surface area contributed by atoms with Crippen LogP contribution in [0.15, 0.2) is 53.3 Å². The van der Waals surface area contributed by atoms with E-state index in [1.807, 2.05) is 51.1 Å². The Labute approximate surface area is 175 Å². The van der Waals surface area contributed by atoms with Crippen molar-refractivity contribution < 1.29 is 14.3 Å². The summed E-state index contributed by atoms with van der Waals surface area (Å²) in [5.41, 5.74) is 4.07. The SMILES string of the molecule is COc1ccc(C)cc1NC(=O)[C@@H](C)Oc1ccc(=O)n(-c2ccc(C)c(C)c2)n1. The maximum atomic E-state index is 12.6. The van der Waals surface area contributed by atoms with Gasteiger partial charge < -0.3 is 14.8 Å². The molecule has 1 atom stereocenters. The van der Waals surface area contributed by atoms with E-state index in [1.54, 1.807) is 20.1 Å². The van der Waals surface area contributed by atoms with Gasteiger partial charge in [-0.05, 0) is 68.7 Å². The molecule has 0 aliphatic heterocycles. The van der Waals surface area contributed by atoms with Crippen molar-refractivity contribution >= 4 is 11.6 Å². The van der Waals surface area contributed by atoms with Crippen LogP contribution in [0.25, 0.3) is 5.69 Å². The fourth-order valence-electron chi connectivity index (χ4n) is 2.89. The van der Waals surface area contributed by atoms with Crippen molar-refractivity contribution in [1.82, 2.24) is 9.78 Å². The number of methoxy groups -OCH3 is 1. The highest BCUT2D eigenvalue weighted by Gasteiger charge is 2.18. The topological polar surface area (TPSA) is 82.5 Å². The van der Waals surface area contributed by atoms with Crippen LogP contribution in [0.4, 0.5) is 5.69 Å². The maximum absolute atomic E-state index is 12.6. The number of hydrogen-bond donors (Lipinski definition) is 1. The number of aryl methyl sites for hydroxylation is 3. The quantitative estimate of drug-likeness (QED) is 0.675. The summed E-state index contributed by atoms with van der Waals surface area (Å²) in [5, 5.41) is 7.08. The van der Waals surface area contributed by atoms with E-state index in [2.05, 4.69) is 10.4 Å². The highest BCUT2D eigenvalue weighted by atomic mass is 16.5. The Kier molecular flexibility index (Phi) is 6.20. The molecule has 0 aliphatic carbocycles. The second kappa shape index (κ2) is 8.82. The normalized spacial score (nSPS) is 11.6. The molecule has 0 spiro atoms. The van der Waals surface area contributed by atoms with Crippen molar-refractivity contribution in [3.63, 3.8) is 0 Å². The molecule has 1 heterocycles. The van der Waals surface area contributed by atoms with Crippen LogP contribution < -0.4 is 20.3 Å². The minimum absolute atomic E-state index is 0.173. The summed E-state index contributed by atoms with van der Waals surface area (Å²) in [5.74, 6) is 0.374. The zero-order valence-electron chi connectivity index (χ0n) is 17.7. The van der Waals surface area contributed by atoms with Gasteiger partial charge in [0.05, 0.1) is 18.5 Å². The Bertz CT molecular complexity index is 1140. The number of rotatable bonds is 6. The summed E-state index contributed by atoms with van der Waals surface area (Å²) in [6, 6.07) is 14.0. The van der Waals surface area contributed by atoms with Gasteiger partial charge in [0.1, 0.15) is 5.75 Å². The zero-order valence-corrected chi connectivity index (χ0v) is 17.7. The average molecular weight is 407 g/mol. The van der Waals surface area contributed by atoms with Crippen LogP contribution in [-0.2, 0) is 4.79 Å². The Morgan fingerprint density at radius 3 is 2.50 bits per heavy atom. The molecule has 0 saturated heterocycles. The molecule has 7 heteroatoms. The molecule has 0 bridgehead atoms. The standard InChI is InChI=1S/C23H25N3O4/c1-14-6-9-20(29-5)19(12-14)24-23(28)17(4)30-21-10-11-22(27)26(25-21)18-8-7-15(2)16(3)13-18/h6-13,17H,1-5H3,(H,24,28)/t17-/m1/s1. The predicted octanol–water partition coefficient (Wildman–Crippen LogP) is 3.57. The van der Waals surface area contributed by atoms with Gasteiger partial charge in [-0.2, -0.15) is 4.68 Å². The molecule has 30 heavy (non-hydrogen) atoms. The van der Waals surface area contributed by atoms with Crippen LogP contribution in [-0.4, -0.2) is 28.9 Å². The number of hydrogen-bond acceptors (Lipinski definition) is 5.